The minimum atomic E-state index is -3.76. The summed E-state index contributed by atoms with van der Waals surface area (Å²) in [6.45, 7) is 1.62. The van der Waals surface area contributed by atoms with E-state index >= 15 is 0 Å². The van der Waals surface area contributed by atoms with E-state index in [1.807, 2.05) is 0 Å². The molecule has 0 aliphatic carbocycles. The topological polar surface area (TPSA) is 141 Å². The highest BCUT2D eigenvalue weighted by molar-refractivity contribution is 7.86. The number of amides is 1. The number of ketones is 1. The average molecular weight is 679 g/mol. The van der Waals surface area contributed by atoms with E-state index < -0.39 is 63.4 Å². The summed E-state index contributed by atoms with van der Waals surface area (Å²) in [5, 5.41) is 5.78. The van der Waals surface area contributed by atoms with E-state index in [0.717, 1.165) is 6.26 Å². The Morgan fingerprint density at radius 2 is 1.86 bits per heavy atom. The Kier molecular flexibility index (Phi) is 10.8. The Morgan fingerprint density at radius 1 is 1.16 bits per heavy atom. The second-order valence-electron chi connectivity index (χ2n) is 10.1. The molecule has 0 spiro atoms. The van der Waals surface area contributed by atoms with Crippen molar-refractivity contribution in [3.8, 4) is 5.75 Å². The van der Waals surface area contributed by atoms with Crippen molar-refractivity contribution in [1.82, 2.24) is 19.7 Å². The van der Waals surface area contributed by atoms with Gasteiger partial charge in [0.2, 0.25) is 5.91 Å². The predicted molar refractivity (Wildman–Crippen MR) is 152 cm³/mol. The number of carbonyl (C=O) groups excluding carboxylic acids is 2. The lowest BCUT2D eigenvalue weighted by Gasteiger charge is -2.31. The summed E-state index contributed by atoms with van der Waals surface area (Å²) < 4.78 is 97.2. The first kappa shape index (κ1) is 33.5. The zero-order valence-electron chi connectivity index (χ0n) is 23.4. The lowest BCUT2D eigenvalue weighted by atomic mass is 9.97. The van der Waals surface area contributed by atoms with Gasteiger partial charge in [0.1, 0.15) is 29.4 Å². The number of benzene rings is 1. The lowest BCUT2D eigenvalue weighted by molar-refractivity contribution is -0.133. The van der Waals surface area contributed by atoms with Crippen LogP contribution >= 0.6 is 11.3 Å². The van der Waals surface area contributed by atoms with Crippen LogP contribution in [0.2, 0.25) is 0 Å². The second-order valence-corrected chi connectivity index (χ2v) is 13.7. The number of hydrogen-bond donors (Lipinski definition) is 0. The highest BCUT2D eigenvalue weighted by Gasteiger charge is 2.28. The van der Waals surface area contributed by atoms with Gasteiger partial charge in [-0.15, -0.1) is 11.3 Å². The largest absolute Gasteiger partial charge is 0.440 e. The lowest BCUT2D eigenvalue weighted by Crippen LogP contribution is -2.40. The molecule has 1 aromatic carbocycles. The van der Waals surface area contributed by atoms with Gasteiger partial charge in [0.25, 0.3) is 12.9 Å². The van der Waals surface area contributed by atoms with Gasteiger partial charge in [0.05, 0.1) is 11.3 Å². The van der Waals surface area contributed by atoms with Crippen LogP contribution in [0.3, 0.4) is 0 Å². The van der Waals surface area contributed by atoms with Gasteiger partial charge >= 0.3 is 10.1 Å². The summed E-state index contributed by atoms with van der Waals surface area (Å²) >= 11 is 1.29. The smallest absolute Gasteiger partial charge is 0.306 e. The van der Waals surface area contributed by atoms with E-state index in [9.17, 15) is 39.8 Å². The molecule has 11 nitrogen and oxygen atoms in total. The third-order valence-electron chi connectivity index (χ3n) is 6.58. The molecular formula is C26H28F4N5O6S3-. The summed E-state index contributed by atoms with van der Waals surface area (Å²) in [5.74, 6) is -0.882. The van der Waals surface area contributed by atoms with Crippen LogP contribution in [0.1, 0.15) is 71.8 Å². The molecule has 0 N–H and O–H groups in total. The molecule has 1 unspecified atom stereocenters. The number of nitrogens with zero attached hydrogens (tertiary/aromatic N) is 5. The molecule has 44 heavy (non-hydrogen) atoms. The Labute approximate surface area is 256 Å². The number of alkyl halides is 4. The minimum absolute atomic E-state index is 0.00952. The normalized spacial score (nSPS) is 16.0. The van der Waals surface area contributed by atoms with Gasteiger partial charge in [-0.3, -0.25) is 14.3 Å². The Hall–Kier alpha value is -3.38. The van der Waals surface area contributed by atoms with Gasteiger partial charge < -0.3 is 17.7 Å². The monoisotopic (exact) mass is 678 g/mol. The van der Waals surface area contributed by atoms with Crippen LogP contribution in [0.25, 0.3) is 0 Å². The fraction of sp³-hybridized carbons (Fsp3) is 0.462. The molecule has 3 heterocycles. The van der Waals surface area contributed by atoms with Gasteiger partial charge in [-0.05, 0) is 38.0 Å². The van der Waals surface area contributed by atoms with Gasteiger partial charge in [-0.25, -0.2) is 22.5 Å². The minimum Gasteiger partial charge on any atom is -0.440 e. The number of rotatable bonds is 12. The molecule has 1 atom stereocenters. The summed E-state index contributed by atoms with van der Waals surface area (Å²) in [4.78, 5) is 31.7. The zero-order chi connectivity index (χ0) is 32.2. The Balaban J connectivity index is 1.31. The highest BCUT2D eigenvalue weighted by Crippen LogP contribution is 2.31. The number of halogens is 4. The van der Waals surface area contributed by atoms with Crippen molar-refractivity contribution in [2.24, 2.45) is 4.36 Å². The van der Waals surface area contributed by atoms with Crippen LogP contribution < -0.4 is 4.18 Å². The molecule has 2 aromatic heterocycles. The van der Waals surface area contributed by atoms with Crippen LogP contribution in [-0.2, 0) is 36.3 Å². The predicted octanol–water partition coefficient (Wildman–Crippen LogP) is 5.13. The van der Waals surface area contributed by atoms with Crippen LogP contribution in [0, 0.1) is 0 Å². The van der Waals surface area contributed by atoms with E-state index in [-0.39, 0.29) is 47.6 Å². The molecule has 0 radical (unpaired) electrons. The molecule has 3 aromatic rings. The Morgan fingerprint density at radius 3 is 2.50 bits per heavy atom. The van der Waals surface area contributed by atoms with E-state index in [1.165, 1.54) is 40.5 Å². The molecule has 1 saturated heterocycles. The van der Waals surface area contributed by atoms with Crippen molar-refractivity contribution in [1.29, 1.82) is 0 Å². The Bertz CT molecular complexity index is 1700. The van der Waals surface area contributed by atoms with Crippen molar-refractivity contribution < 1.29 is 44.0 Å². The van der Waals surface area contributed by atoms with E-state index in [0.29, 0.717) is 28.6 Å². The molecule has 1 aliphatic heterocycles. The van der Waals surface area contributed by atoms with Crippen LogP contribution in [0.4, 0.5) is 17.6 Å². The number of carbonyl (C=O) groups is 2. The number of Topliss-reactive ketones (excluding diaryl/α,β-unsaturated/α-hetero) is 1. The van der Waals surface area contributed by atoms with Crippen LogP contribution in [-0.4, -0.2) is 65.2 Å². The van der Waals surface area contributed by atoms with Crippen molar-refractivity contribution in [2.45, 2.75) is 62.4 Å². The molecule has 4 rings (SSSR count). The zero-order valence-corrected chi connectivity index (χ0v) is 25.9. The first-order chi connectivity index (χ1) is 20.7. The third-order valence-corrected chi connectivity index (χ3v) is 9.29. The van der Waals surface area contributed by atoms with E-state index in [4.69, 9.17) is 4.18 Å². The average Bonchev–Trinajstić information content (AvgIpc) is 3.61. The summed E-state index contributed by atoms with van der Waals surface area (Å²) in [6, 6.07) is 5.63. The summed E-state index contributed by atoms with van der Waals surface area (Å²) in [6.07, 6.45) is -4.27. The maximum atomic E-state index is 13.2. The van der Waals surface area contributed by atoms with Crippen molar-refractivity contribution in [2.75, 3.05) is 19.3 Å². The van der Waals surface area contributed by atoms with Crippen molar-refractivity contribution in [3.63, 3.8) is 0 Å². The van der Waals surface area contributed by atoms with Crippen LogP contribution in [0.5, 0.6) is 5.75 Å². The van der Waals surface area contributed by atoms with Gasteiger partial charge in [-0.1, -0.05) is 17.0 Å². The molecule has 240 valence electrons. The SMILES string of the molecule is CC(CC(=O)c1csc(C2CCN(C(=O)Cn3nc(C(F)F)cc3C(F)F)CC2)n1)N=[S-](=O)c1cccc(OS(C)(=O)=O)c1. The fourth-order valence-electron chi connectivity index (χ4n) is 4.51. The van der Waals surface area contributed by atoms with E-state index in [2.05, 4.69) is 14.4 Å². The highest BCUT2D eigenvalue weighted by atomic mass is 32.2. The van der Waals surface area contributed by atoms with Gasteiger partial charge in [0, 0.05) is 36.9 Å². The maximum absolute atomic E-state index is 13.2. The molecular weight excluding hydrogens is 651 g/mol. The molecule has 1 aliphatic rings. The second kappa shape index (κ2) is 14.2. The number of hydrogen-bond acceptors (Lipinski definition) is 11. The number of thiazole rings is 1. The molecule has 0 bridgehead atoms. The first-order valence-electron chi connectivity index (χ1n) is 13.2. The van der Waals surface area contributed by atoms with Gasteiger partial charge in [-0.2, -0.15) is 24.1 Å². The fourth-order valence-corrected chi connectivity index (χ4v) is 6.90. The molecule has 1 fully saturated rings. The molecule has 18 heteroatoms. The van der Waals surface area contributed by atoms with Crippen LogP contribution in [0.15, 0.2) is 45.0 Å². The number of likely N-dealkylation sites (tertiary alicyclic amines) is 1. The van der Waals surface area contributed by atoms with Crippen molar-refractivity contribution in [3.05, 3.63) is 57.8 Å². The van der Waals surface area contributed by atoms with Gasteiger partial charge in [0.15, 0.2) is 5.78 Å². The standard InChI is InChI=1S/C26H28F4N5O6S3/c1-15(33-43(38)18-5-3-4-17(11-18)41-44(2,39)40)10-22(36)20-14-42-26(31-20)16-6-8-34(9-7-16)23(37)13-35-21(25(29)30)12-19(32-35)24(27)28/h3-5,11-12,14-16,24-25H,6-10,13H2,1-2H3/q-1. The number of piperidine rings is 1. The first-order valence-corrected chi connectivity index (χ1v) is 17.0. The molecule has 1 amide bonds. The molecule has 0 saturated carbocycles. The summed E-state index contributed by atoms with van der Waals surface area (Å²) in [5.41, 5.74) is -1.33. The van der Waals surface area contributed by atoms with E-state index in [1.54, 1.807) is 12.3 Å². The third kappa shape index (κ3) is 8.84. The quantitative estimate of drug-likeness (QED) is 0.111. The van der Waals surface area contributed by atoms with Crippen molar-refractivity contribution >= 4 is 43.7 Å². The maximum Gasteiger partial charge on any atom is 0.306 e. The summed E-state index contributed by atoms with van der Waals surface area (Å²) in [7, 11) is -5.64. The number of aromatic nitrogens is 3.